The van der Waals surface area contributed by atoms with Gasteiger partial charge in [0.1, 0.15) is 15.7 Å². The van der Waals surface area contributed by atoms with Crippen molar-refractivity contribution in [2.45, 2.75) is 20.6 Å². The van der Waals surface area contributed by atoms with E-state index >= 15 is 0 Å². The summed E-state index contributed by atoms with van der Waals surface area (Å²) in [7, 11) is -8.48. The molecule has 0 radical (unpaired) electrons. The number of halogens is 2. The van der Waals surface area contributed by atoms with E-state index in [0.29, 0.717) is 4.47 Å². The molecule has 1 heterocycles. The Balaban J connectivity index is 2.02. The van der Waals surface area contributed by atoms with Crippen LogP contribution < -0.4 is 0 Å². The zero-order valence-electron chi connectivity index (χ0n) is 15.2. The molecule has 30 heavy (non-hydrogen) atoms. The number of nitrogens with zero attached hydrogens (tertiary/aromatic N) is 2. The summed E-state index contributed by atoms with van der Waals surface area (Å²) in [4.78, 5) is 2.76. The molecule has 1 aliphatic rings. The molecule has 0 aliphatic carbocycles. The smallest absolute Gasteiger partial charge is 0.244 e. The van der Waals surface area contributed by atoms with Crippen LogP contribution >= 0.6 is 27.5 Å². The van der Waals surface area contributed by atoms with Gasteiger partial charge < -0.3 is 10.2 Å². The van der Waals surface area contributed by atoms with Gasteiger partial charge in [0.05, 0.1) is 23.1 Å². The molecule has 0 unspecified atom stereocenters. The van der Waals surface area contributed by atoms with Crippen LogP contribution in [0.5, 0.6) is 0 Å². The minimum absolute atomic E-state index is 0.0713. The van der Waals surface area contributed by atoms with Crippen molar-refractivity contribution in [1.29, 1.82) is 0 Å². The van der Waals surface area contributed by atoms with Crippen LogP contribution in [0.15, 0.2) is 56.7 Å². The molecule has 8 nitrogen and oxygen atoms in total. The third-order valence-electron chi connectivity index (χ3n) is 4.87. The van der Waals surface area contributed by atoms with Gasteiger partial charge in [-0.15, -0.1) is 0 Å². The van der Waals surface area contributed by atoms with E-state index in [4.69, 9.17) is 18.2 Å². The quantitative estimate of drug-likeness (QED) is 0.567. The van der Waals surface area contributed by atoms with Gasteiger partial charge in [-0.2, -0.15) is 4.31 Å². The Bertz CT molecular complexity index is 1230. The summed E-state index contributed by atoms with van der Waals surface area (Å²) in [6, 6.07) is 9.17. The molecule has 0 saturated carbocycles. The Labute approximate surface area is 187 Å². The topological polar surface area (TPSA) is 116 Å². The van der Waals surface area contributed by atoms with Gasteiger partial charge in [-0.3, -0.25) is 0 Å². The largest absolute Gasteiger partial charge is 0.393 e. The van der Waals surface area contributed by atoms with Gasteiger partial charge in [-0.25, -0.2) is 21.7 Å². The van der Waals surface area contributed by atoms with E-state index in [-0.39, 0.29) is 20.5 Å². The molecule has 0 bridgehead atoms. The van der Waals surface area contributed by atoms with Gasteiger partial charge in [0.25, 0.3) is 0 Å². The summed E-state index contributed by atoms with van der Waals surface area (Å²) in [6.07, 6.45) is 0. The lowest BCUT2D eigenvalue weighted by Crippen LogP contribution is -2.49. The molecule has 160 valence electrons. The third kappa shape index (κ3) is 4.01. The first-order chi connectivity index (χ1) is 14.0. The van der Waals surface area contributed by atoms with Gasteiger partial charge >= 0.3 is 0 Å². The third-order valence-corrected chi connectivity index (χ3v) is 9.93. The molecule has 2 atom stereocenters. The van der Waals surface area contributed by atoms with E-state index in [2.05, 4.69) is 20.8 Å². The van der Waals surface area contributed by atoms with Crippen molar-refractivity contribution in [3.8, 4) is 0 Å². The maximum atomic E-state index is 13.1. The minimum Gasteiger partial charge on any atom is -0.393 e. The fourth-order valence-electron chi connectivity index (χ4n) is 3.25. The lowest BCUT2D eigenvalue weighted by Gasteiger charge is -2.26. The van der Waals surface area contributed by atoms with Crippen LogP contribution in [-0.4, -0.2) is 61.9 Å². The molecule has 3 rings (SSSR count). The second-order valence-electron chi connectivity index (χ2n) is 6.77. The van der Waals surface area contributed by atoms with Crippen molar-refractivity contribution in [2.24, 2.45) is 0 Å². The van der Waals surface area contributed by atoms with Crippen molar-refractivity contribution in [3.05, 3.63) is 63.4 Å². The SMILES string of the molecule is [C-]#[N+]c1ccc(S(=O)(=O)[C@H]2CN(S(=O)(=O)c3ccc(Br)cc3Cl)C[C@@]2(O)CO)cc1. The van der Waals surface area contributed by atoms with E-state index in [1.807, 2.05) is 0 Å². The van der Waals surface area contributed by atoms with Gasteiger partial charge in [0.2, 0.25) is 10.0 Å². The van der Waals surface area contributed by atoms with Gasteiger partial charge in [-0.1, -0.05) is 51.8 Å². The van der Waals surface area contributed by atoms with E-state index in [9.17, 15) is 27.0 Å². The number of hydrogen-bond acceptors (Lipinski definition) is 6. The molecule has 1 fully saturated rings. The van der Waals surface area contributed by atoms with Crippen LogP contribution in [0, 0.1) is 6.57 Å². The van der Waals surface area contributed by atoms with E-state index in [1.54, 1.807) is 0 Å². The molecule has 0 spiro atoms. The summed E-state index contributed by atoms with van der Waals surface area (Å²) < 4.78 is 53.7. The summed E-state index contributed by atoms with van der Waals surface area (Å²) in [5.41, 5.74) is -1.99. The van der Waals surface area contributed by atoms with Crippen LogP contribution in [0.1, 0.15) is 0 Å². The highest BCUT2D eigenvalue weighted by Crippen LogP contribution is 2.36. The summed E-state index contributed by atoms with van der Waals surface area (Å²) in [5, 5.41) is 18.9. The maximum Gasteiger partial charge on any atom is 0.244 e. The second kappa shape index (κ2) is 8.20. The Kier molecular flexibility index (Phi) is 6.33. The number of sulfone groups is 1. The molecular weight excluding hydrogens is 520 g/mol. The average molecular weight is 536 g/mol. The van der Waals surface area contributed by atoms with Crippen LogP contribution in [0.3, 0.4) is 0 Å². The molecule has 2 aromatic rings. The van der Waals surface area contributed by atoms with Gasteiger partial charge in [-0.05, 0) is 18.2 Å². The lowest BCUT2D eigenvalue weighted by atomic mass is 10.1. The first-order valence-corrected chi connectivity index (χ1v) is 12.6. The lowest BCUT2D eigenvalue weighted by molar-refractivity contribution is 0.00160. The fourth-order valence-corrected chi connectivity index (χ4v) is 7.82. The number of hydrogen-bond donors (Lipinski definition) is 2. The van der Waals surface area contributed by atoms with E-state index in [0.717, 1.165) is 4.31 Å². The van der Waals surface area contributed by atoms with Crippen LogP contribution in [0.25, 0.3) is 4.85 Å². The molecular formula is C18H16BrClN2O6S2. The molecule has 1 saturated heterocycles. The minimum atomic E-state index is -4.25. The Morgan fingerprint density at radius 2 is 1.83 bits per heavy atom. The van der Waals surface area contributed by atoms with Crippen molar-refractivity contribution in [3.63, 3.8) is 0 Å². The van der Waals surface area contributed by atoms with Crippen molar-refractivity contribution < 1.29 is 27.0 Å². The first-order valence-electron chi connectivity index (χ1n) is 8.45. The number of benzene rings is 2. The number of rotatable bonds is 5. The molecule has 0 amide bonds. The average Bonchev–Trinajstić information content (AvgIpc) is 3.07. The van der Waals surface area contributed by atoms with E-state index in [1.165, 1.54) is 42.5 Å². The van der Waals surface area contributed by atoms with Gasteiger partial charge in [0, 0.05) is 17.6 Å². The normalized spacial score (nSPS) is 22.7. The predicted octanol–water partition coefficient (Wildman–Crippen LogP) is 2.22. The predicted molar refractivity (Wildman–Crippen MR) is 114 cm³/mol. The number of aliphatic hydroxyl groups excluding tert-OH is 1. The zero-order valence-corrected chi connectivity index (χ0v) is 19.2. The maximum absolute atomic E-state index is 13.1. The summed E-state index contributed by atoms with van der Waals surface area (Å²) in [6.45, 7) is 4.80. The second-order valence-corrected chi connectivity index (χ2v) is 12.1. The monoisotopic (exact) mass is 534 g/mol. The molecule has 2 N–H and O–H groups in total. The number of sulfonamides is 1. The standard InChI is InChI=1S/C18H16BrClN2O6S2/c1-21-13-3-5-14(6-4-13)29(25,26)17-9-22(10-18(17,24)11-23)30(27,28)16-7-2-12(19)8-15(16)20/h2-8,17,23-24H,9-11H2/t17-,18+/m0/s1. The molecule has 12 heteroatoms. The highest BCUT2D eigenvalue weighted by molar-refractivity contribution is 9.10. The van der Waals surface area contributed by atoms with Gasteiger partial charge in [0.15, 0.2) is 15.5 Å². The van der Waals surface area contributed by atoms with Crippen molar-refractivity contribution in [2.75, 3.05) is 19.7 Å². The molecule has 0 aromatic heterocycles. The van der Waals surface area contributed by atoms with Crippen molar-refractivity contribution in [1.82, 2.24) is 4.31 Å². The van der Waals surface area contributed by atoms with Crippen LogP contribution in [0.2, 0.25) is 5.02 Å². The number of β-amino-alcohol motifs (C(OH)–C–C–N with tert-alkyl or cyclic N) is 1. The highest BCUT2D eigenvalue weighted by Gasteiger charge is 2.55. The summed E-state index contributed by atoms with van der Waals surface area (Å²) >= 11 is 9.24. The van der Waals surface area contributed by atoms with Crippen molar-refractivity contribution >= 4 is 53.1 Å². The first kappa shape index (κ1) is 23.1. The fraction of sp³-hybridized carbons (Fsp3) is 0.278. The van der Waals surface area contributed by atoms with Crippen LogP contribution in [-0.2, 0) is 19.9 Å². The van der Waals surface area contributed by atoms with E-state index < -0.39 is 50.4 Å². The molecule has 2 aromatic carbocycles. The summed E-state index contributed by atoms with van der Waals surface area (Å²) in [5.74, 6) is 0. The Morgan fingerprint density at radius 3 is 2.37 bits per heavy atom. The zero-order chi connectivity index (χ0) is 22.3. The Morgan fingerprint density at radius 1 is 1.20 bits per heavy atom. The Hall–Kier alpha value is -1.52. The highest BCUT2D eigenvalue weighted by atomic mass is 79.9. The number of aliphatic hydroxyl groups is 2. The van der Waals surface area contributed by atoms with Crippen LogP contribution in [0.4, 0.5) is 5.69 Å². The molecule has 1 aliphatic heterocycles.